The second-order valence-corrected chi connectivity index (χ2v) is 6.61. The van der Waals surface area contributed by atoms with Crippen molar-refractivity contribution in [3.63, 3.8) is 0 Å². The maximum Gasteiger partial charge on any atom is 0.0464 e. The third kappa shape index (κ3) is 3.38. The van der Waals surface area contributed by atoms with Crippen LogP contribution in [0.2, 0.25) is 0 Å². The molecule has 108 valence electrons. The van der Waals surface area contributed by atoms with E-state index in [4.69, 9.17) is 4.98 Å². The van der Waals surface area contributed by atoms with E-state index >= 15 is 0 Å². The minimum absolute atomic E-state index is 0.509. The second-order valence-electron chi connectivity index (χ2n) is 6.61. The van der Waals surface area contributed by atoms with Crippen LogP contribution in [0.15, 0.2) is 0 Å². The van der Waals surface area contributed by atoms with Crippen molar-refractivity contribution in [3.05, 3.63) is 28.1 Å². The standard InChI is InChI=1S/C18H31N/c1-9-10-15-17(12(4)5)16(11(2)3)14(8)18(19-15)13(6)7/h11-13H,9-10H2,1-8H3. The Morgan fingerprint density at radius 1 is 0.842 bits per heavy atom. The number of rotatable bonds is 5. The number of pyridine rings is 1. The van der Waals surface area contributed by atoms with Crippen LogP contribution in [0, 0.1) is 6.92 Å². The van der Waals surface area contributed by atoms with Crippen LogP contribution in [0.3, 0.4) is 0 Å². The van der Waals surface area contributed by atoms with Crippen molar-refractivity contribution in [3.8, 4) is 0 Å². The summed E-state index contributed by atoms with van der Waals surface area (Å²) >= 11 is 0. The predicted molar refractivity (Wildman–Crippen MR) is 85.2 cm³/mol. The van der Waals surface area contributed by atoms with Crippen molar-refractivity contribution in [1.82, 2.24) is 4.98 Å². The summed E-state index contributed by atoms with van der Waals surface area (Å²) in [6, 6.07) is 0. The molecule has 0 N–H and O–H groups in total. The second kappa shape index (κ2) is 6.54. The first-order chi connectivity index (χ1) is 8.81. The molecule has 0 fully saturated rings. The lowest BCUT2D eigenvalue weighted by Crippen LogP contribution is -2.13. The van der Waals surface area contributed by atoms with Crippen molar-refractivity contribution in [2.24, 2.45) is 0 Å². The molecule has 0 bridgehead atoms. The summed E-state index contributed by atoms with van der Waals surface area (Å²) in [5, 5.41) is 0. The van der Waals surface area contributed by atoms with Crippen LogP contribution in [-0.2, 0) is 6.42 Å². The number of nitrogens with zero attached hydrogens (tertiary/aromatic N) is 1. The molecule has 0 spiro atoms. The zero-order valence-corrected chi connectivity index (χ0v) is 14.1. The lowest BCUT2D eigenvalue weighted by Gasteiger charge is -2.25. The fourth-order valence-electron chi connectivity index (χ4n) is 3.16. The molecular formula is C18H31N. The zero-order valence-electron chi connectivity index (χ0n) is 14.1. The fourth-order valence-corrected chi connectivity index (χ4v) is 3.16. The largest absolute Gasteiger partial charge is 0.257 e. The third-order valence-corrected chi connectivity index (χ3v) is 3.83. The molecule has 1 aromatic rings. The maximum atomic E-state index is 5.03. The molecule has 1 nitrogen and oxygen atoms in total. The first-order valence-electron chi connectivity index (χ1n) is 7.84. The van der Waals surface area contributed by atoms with E-state index < -0.39 is 0 Å². The summed E-state index contributed by atoms with van der Waals surface area (Å²) in [6.07, 6.45) is 2.28. The van der Waals surface area contributed by atoms with Gasteiger partial charge in [0.15, 0.2) is 0 Å². The summed E-state index contributed by atoms with van der Waals surface area (Å²) in [4.78, 5) is 5.03. The van der Waals surface area contributed by atoms with Gasteiger partial charge in [-0.05, 0) is 47.8 Å². The highest BCUT2D eigenvalue weighted by atomic mass is 14.7. The topological polar surface area (TPSA) is 12.9 Å². The highest BCUT2D eigenvalue weighted by Crippen LogP contribution is 2.35. The average Bonchev–Trinajstić information content (AvgIpc) is 2.29. The van der Waals surface area contributed by atoms with Gasteiger partial charge in [-0.25, -0.2) is 0 Å². The van der Waals surface area contributed by atoms with Crippen LogP contribution >= 0.6 is 0 Å². The molecule has 0 saturated heterocycles. The van der Waals surface area contributed by atoms with E-state index in [-0.39, 0.29) is 0 Å². The van der Waals surface area contributed by atoms with Crippen molar-refractivity contribution in [2.75, 3.05) is 0 Å². The van der Waals surface area contributed by atoms with Gasteiger partial charge in [-0.1, -0.05) is 54.9 Å². The molecular weight excluding hydrogens is 230 g/mol. The van der Waals surface area contributed by atoms with Crippen LogP contribution in [0.1, 0.15) is 101 Å². The third-order valence-electron chi connectivity index (χ3n) is 3.83. The highest BCUT2D eigenvalue weighted by Gasteiger charge is 2.21. The molecule has 0 aliphatic rings. The van der Waals surface area contributed by atoms with E-state index in [9.17, 15) is 0 Å². The van der Waals surface area contributed by atoms with Crippen LogP contribution in [0.25, 0.3) is 0 Å². The van der Waals surface area contributed by atoms with E-state index in [2.05, 4.69) is 55.4 Å². The van der Waals surface area contributed by atoms with E-state index in [1.807, 2.05) is 0 Å². The first kappa shape index (κ1) is 16.2. The smallest absolute Gasteiger partial charge is 0.0464 e. The molecule has 0 aromatic carbocycles. The summed E-state index contributed by atoms with van der Waals surface area (Å²) in [5.74, 6) is 1.65. The van der Waals surface area contributed by atoms with E-state index in [0.29, 0.717) is 17.8 Å². The normalized spacial score (nSPS) is 11.9. The summed E-state index contributed by atoms with van der Waals surface area (Å²) < 4.78 is 0. The zero-order chi connectivity index (χ0) is 14.7. The SMILES string of the molecule is CCCc1nc(C(C)C)c(C)c(C(C)C)c1C(C)C. The Bertz CT molecular complexity index is 428. The molecule has 0 aliphatic heterocycles. The Morgan fingerprint density at radius 3 is 1.74 bits per heavy atom. The Kier molecular flexibility index (Phi) is 5.58. The minimum atomic E-state index is 0.509. The van der Waals surface area contributed by atoms with Crippen molar-refractivity contribution in [1.29, 1.82) is 0 Å². The average molecular weight is 261 g/mol. The van der Waals surface area contributed by atoms with Gasteiger partial charge in [0.1, 0.15) is 0 Å². The molecule has 1 heterocycles. The molecule has 0 unspecified atom stereocenters. The first-order valence-corrected chi connectivity index (χ1v) is 7.84. The van der Waals surface area contributed by atoms with Gasteiger partial charge in [-0.2, -0.15) is 0 Å². The van der Waals surface area contributed by atoms with Gasteiger partial charge in [0.05, 0.1) is 0 Å². The maximum absolute atomic E-state index is 5.03. The molecule has 0 amide bonds. The Balaban J connectivity index is 3.62. The van der Waals surface area contributed by atoms with Gasteiger partial charge in [0.25, 0.3) is 0 Å². The van der Waals surface area contributed by atoms with Crippen LogP contribution in [0.4, 0.5) is 0 Å². The number of hydrogen-bond acceptors (Lipinski definition) is 1. The van der Waals surface area contributed by atoms with E-state index in [1.54, 1.807) is 5.56 Å². The number of aryl methyl sites for hydroxylation is 1. The molecule has 0 atom stereocenters. The minimum Gasteiger partial charge on any atom is -0.257 e. The Labute approximate surface area is 119 Å². The van der Waals surface area contributed by atoms with Gasteiger partial charge in [-0.15, -0.1) is 0 Å². The molecule has 0 aliphatic carbocycles. The van der Waals surface area contributed by atoms with Crippen molar-refractivity contribution >= 4 is 0 Å². The molecule has 1 aromatic heterocycles. The summed E-state index contributed by atoms with van der Waals surface area (Å²) in [6.45, 7) is 18.2. The van der Waals surface area contributed by atoms with Crippen LogP contribution in [-0.4, -0.2) is 4.98 Å². The van der Waals surface area contributed by atoms with Crippen LogP contribution in [0.5, 0.6) is 0 Å². The quantitative estimate of drug-likeness (QED) is 0.661. The van der Waals surface area contributed by atoms with Gasteiger partial charge in [0.2, 0.25) is 0 Å². The summed E-state index contributed by atoms with van der Waals surface area (Å²) in [7, 11) is 0. The van der Waals surface area contributed by atoms with Crippen molar-refractivity contribution in [2.45, 2.75) is 86.0 Å². The number of hydrogen-bond donors (Lipinski definition) is 0. The van der Waals surface area contributed by atoms with E-state index in [1.165, 1.54) is 28.9 Å². The van der Waals surface area contributed by atoms with Gasteiger partial charge < -0.3 is 0 Å². The predicted octanol–water partition coefficient (Wildman–Crippen LogP) is 5.71. The fraction of sp³-hybridized carbons (Fsp3) is 0.722. The monoisotopic (exact) mass is 261 g/mol. The molecule has 0 saturated carbocycles. The lowest BCUT2D eigenvalue weighted by molar-refractivity contribution is 0.707. The Morgan fingerprint density at radius 2 is 1.37 bits per heavy atom. The van der Waals surface area contributed by atoms with Crippen LogP contribution < -0.4 is 0 Å². The summed E-state index contributed by atoms with van der Waals surface area (Å²) in [5.41, 5.74) is 7.14. The van der Waals surface area contributed by atoms with Gasteiger partial charge in [0, 0.05) is 11.4 Å². The van der Waals surface area contributed by atoms with Gasteiger partial charge in [-0.3, -0.25) is 4.98 Å². The lowest BCUT2D eigenvalue weighted by atomic mass is 9.83. The number of aromatic nitrogens is 1. The van der Waals surface area contributed by atoms with E-state index in [0.717, 1.165) is 6.42 Å². The van der Waals surface area contributed by atoms with Gasteiger partial charge >= 0.3 is 0 Å². The molecule has 1 rings (SSSR count). The molecule has 19 heavy (non-hydrogen) atoms. The highest BCUT2D eigenvalue weighted by molar-refractivity contribution is 5.44. The molecule has 0 radical (unpaired) electrons. The Hall–Kier alpha value is -0.850. The molecule has 1 heteroatoms. The van der Waals surface area contributed by atoms with Crippen molar-refractivity contribution < 1.29 is 0 Å².